The molecular weight excluding hydrogens is 280 g/mol. The van der Waals surface area contributed by atoms with Crippen LogP contribution in [0.4, 0.5) is 0 Å². The molecule has 0 amide bonds. The van der Waals surface area contributed by atoms with Crippen LogP contribution in [0.15, 0.2) is 11.2 Å². The smallest absolute Gasteiger partial charge is 0.262 e. The molecule has 1 saturated heterocycles. The summed E-state index contributed by atoms with van der Waals surface area (Å²) in [6.07, 6.45) is 1.49. The Bertz CT molecular complexity index is 553. The minimum absolute atomic E-state index is 0.113. The zero-order chi connectivity index (χ0) is 14.8. The molecule has 20 heavy (non-hydrogen) atoms. The summed E-state index contributed by atoms with van der Waals surface area (Å²) in [5.41, 5.74) is 0. The van der Waals surface area contributed by atoms with Crippen LogP contribution in [0.25, 0.3) is 0 Å². The zero-order valence-corrected chi connectivity index (χ0v) is 13.0. The molecule has 1 aliphatic rings. The molecule has 0 aromatic carbocycles. The number of aryl methyl sites for hydroxylation is 2. The largest absolute Gasteiger partial charge is 0.374 e. The molecule has 2 rings (SSSR count). The third kappa shape index (κ3) is 3.03. The first kappa shape index (κ1) is 15.4. The maximum Gasteiger partial charge on any atom is 0.262 e. The third-order valence-electron chi connectivity index (χ3n) is 3.43. The van der Waals surface area contributed by atoms with Crippen molar-refractivity contribution < 1.29 is 13.2 Å². The average Bonchev–Trinajstić information content (AvgIpc) is 2.81. The number of nitrogens with one attached hydrogen (secondary N) is 1. The van der Waals surface area contributed by atoms with Crippen molar-refractivity contribution in [1.82, 2.24) is 19.2 Å². The van der Waals surface area contributed by atoms with Crippen molar-refractivity contribution in [1.29, 1.82) is 0 Å². The topological polar surface area (TPSA) is 76.5 Å². The van der Waals surface area contributed by atoms with Crippen LogP contribution in [0.1, 0.15) is 12.7 Å². The Kier molecular flexibility index (Phi) is 4.79. The second-order valence-electron chi connectivity index (χ2n) is 4.83. The van der Waals surface area contributed by atoms with Gasteiger partial charge >= 0.3 is 0 Å². The van der Waals surface area contributed by atoms with Crippen molar-refractivity contribution >= 4 is 10.0 Å². The van der Waals surface area contributed by atoms with Crippen LogP contribution in [0.5, 0.6) is 0 Å². The molecule has 1 aromatic heterocycles. The Morgan fingerprint density at radius 2 is 2.30 bits per heavy atom. The van der Waals surface area contributed by atoms with Gasteiger partial charge in [0, 0.05) is 32.4 Å². The van der Waals surface area contributed by atoms with Gasteiger partial charge in [0.1, 0.15) is 5.82 Å². The summed E-state index contributed by atoms with van der Waals surface area (Å²) in [7, 11) is -1.71. The lowest BCUT2D eigenvalue weighted by molar-refractivity contribution is 0.000761. The zero-order valence-electron chi connectivity index (χ0n) is 12.2. The second kappa shape index (κ2) is 6.21. The molecule has 0 spiro atoms. The number of aromatic nitrogens is 2. The highest BCUT2D eigenvalue weighted by molar-refractivity contribution is 7.89. The molecule has 114 valence electrons. The molecule has 1 aliphatic heterocycles. The van der Waals surface area contributed by atoms with Crippen LogP contribution in [0, 0.1) is 6.92 Å². The Morgan fingerprint density at radius 3 is 2.90 bits per heavy atom. The van der Waals surface area contributed by atoms with Gasteiger partial charge in [0.2, 0.25) is 0 Å². The summed E-state index contributed by atoms with van der Waals surface area (Å²) in [4.78, 5) is 4.18. The lowest BCUT2D eigenvalue weighted by atomic mass is 10.3. The summed E-state index contributed by atoms with van der Waals surface area (Å²) < 4.78 is 34.0. The van der Waals surface area contributed by atoms with Crippen molar-refractivity contribution in [2.45, 2.75) is 31.5 Å². The first-order valence-electron chi connectivity index (χ1n) is 6.79. The van der Waals surface area contributed by atoms with E-state index in [1.165, 1.54) is 4.31 Å². The number of sulfonamides is 1. The van der Waals surface area contributed by atoms with Crippen LogP contribution in [0.2, 0.25) is 0 Å². The molecular formula is C12H22N4O3S. The Balaban J connectivity index is 2.20. The van der Waals surface area contributed by atoms with E-state index < -0.39 is 10.0 Å². The second-order valence-corrected chi connectivity index (χ2v) is 6.71. The van der Waals surface area contributed by atoms with Crippen molar-refractivity contribution in [2.24, 2.45) is 0 Å². The van der Waals surface area contributed by atoms with Crippen molar-refractivity contribution in [3.8, 4) is 0 Å². The molecule has 8 heteroatoms. The minimum atomic E-state index is -3.53. The van der Waals surface area contributed by atoms with Gasteiger partial charge in [-0.2, -0.15) is 4.31 Å². The number of morpholine rings is 1. The fourth-order valence-electron chi connectivity index (χ4n) is 2.32. The number of likely N-dealkylation sites (N-methyl/N-ethyl adjacent to an activating group) is 1. The highest BCUT2D eigenvalue weighted by Gasteiger charge is 2.32. The van der Waals surface area contributed by atoms with Gasteiger partial charge in [-0.3, -0.25) is 0 Å². The number of nitrogens with zero attached hydrogens (tertiary/aromatic N) is 3. The van der Waals surface area contributed by atoms with E-state index in [1.54, 1.807) is 6.20 Å². The number of rotatable bonds is 5. The van der Waals surface area contributed by atoms with E-state index >= 15 is 0 Å². The van der Waals surface area contributed by atoms with Gasteiger partial charge in [0.15, 0.2) is 5.03 Å². The molecule has 1 fully saturated rings. The molecule has 7 nitrogen and oxygen atoms in total. The molecule has 0 saturated carbocycles. The lowest BCUT2D eigenvalue weighted by Crippen LogP contribution is -2.48. The monoisotopic (exact) mass is 302 g/mol. The summed E-state index contributed by atoms with van der Waals surface area (Å²) >= 11 is 0. The molecule has 0 aliphatic carbocycles. The number of hydrogen-bond donors (Lipinski definition) is 1. The molecule has 2 heterocycles. The molecule has 1 unspecified atom stereocenters. The normalized spacial score (nSPS) is 21.2. The Morgan fingerprint density at radius 1 is 1.55 bits per heavy atom. The van der Waals surface area contributed by atoms with Gasteiger partial charge in [-0.1, -0.05) is 0 Å². The predicted octanol–water partition coefficient (Wildman–Crippen LogP) is -0.180. The van der Waals surface area contributed by atoms with E-state index in [0.717, 1.165) is 0 Å². The van der Waals surface area contributed by atoms with Crippen LogP contribution < -0.4 is 5.32 Å². The standard InChI is InChI=1S/C12H22N4O3S/c1-4-15-9-12(14-10(15)2)20(17,18)16-5-6-19-11(8-16)7-13-3/h9,11,13H,4-8H2,1-3H3. The maximum absolute atomic E-state index is 12.6. The SMILES string of the molecule is CCn1cc(S(=O)(=O)N2CCOC(CNC)C2)nc1C. The molecule has 0 bridgehead atoms. The van der Waals surface area contributed by atoms with Crippen LogP contribution in [-0.2, 0) is 21.3 Å². The van der Waals surface area contributed by atoms with Gasteiger partial charge < -0.3 is 14.6 Å². The molecule has 1 atom stereocenters. The van der Waals surface area contributed by atoms with Gasteiger partial charge in [-0.15, -0.1) is 0 Å². The van der Waals surface area contributed by atoms with Gasteiger partial charge in [0.05, 0.1) is 12.7 Å². The predicted molar refractivity (Wildman–Crippen MR) is 75.1 cm³/mol. The number of hydrogen-bond acceptors (Lipinski definition) is 5. The first-order valence-corrected chi connectivity index (χ1v) is 8.23. The Hall–Kier alpha value is -0.960. The fourth-order valence-corrected chi connectivity index (χ4v) is 3.77. The van der Waals surface area contributed by atoms with E-state index in [9.17, 15) is 8.42 Å². The average molecular weight is 302 g/mol. The molecule has 1 N–H and O–H groups in total. The molecule has 1 aromatic rings. The Labute approximate surface area is 120 Å². The quantitative estimate of drug-likeness (QED) is 0.816. The number of ether oxygens (including phenoxy) is 1. The first-order chi connectivity index (χ1) is 9.48. The lowest BCUT2D eigenvalue weighted by Gasteiger charge is -2.31. The van der Waals surface area contributed by atoms with E-state index in [0.29, 0.717) is 38.6 Å². The highest BCUT2D eigenvalue weighted by Crippen LogP contribution is 2.18. The van der Waals surface area contributed by atoms with Crippen LogP contribution in [0.3, 0.4) is 0 Å². The summed E-state index contributed by atoms with van der Waals surface area (Å²) in [5.74, 6) is 0.714. The van der Waals surface area contributed by atoms with Gasteiger partial charge in [-0.05, 0) is 20.9 Å². The van der Waals surface area contributed by atoms with Gasteiger partial charge in [-0.25, -0.2) is 13.4 Å². The minimum Gasteiger partial charge on any atom is -0.374 e. The molecule has 0 radical (unpaired) electrons. The highest BCUT2D eigenvalue weighted by atomic mass is 32.2. The summed E-state index contributed by atoms with van der Waals surface area (Å²) in [6, 6.07) is 0. The number of imidazole rings is 1. The van der Waals surface area contributed by atoms with Crippen LogP contribution >= 0.6 is 0 Å². The van der Waals surface area contributed by atoms with E-state index in [1.807, 2.05) is 25.5 Å². The summed E-state index contributed by atoms with van der Waals surface area (Å²) in [5, 5.41) is 3.13. The summed E-state index contributed by atoms with van der Waals surface area (Å²) in [6.45, 7) is 6.27. The maximum atomic E-state index is 12.6. The van der Waals surface area contributed by atoms with Gasteiger partial charge in [0.25, 0.3) is 10.0 Å². The third-order valence-corrected chi connectivity index (χ3v) is 5.17. The van der Waals surface area contributed by atoms with Crippen molar-refractivity contribution in [3.05, 3.63) is 12.0 Å². The van der Waals surface area contributed by atoms with E-state index in [-0.39, 0.29) is 11.1 Å². The fraction of sp³-hybridized carbons (Fsp3) is 0.750. The van der Waals surface area contributed by atoms with Crippen LogP contribution in [-0.4, -0.2) is 61.7 Å². The van der Waals surface area contributed by atoms with E-state index in [4.69, 9.17) is 4.74 Å². The van der Waals surface area contributed by atoms with E-state index in [2.05, 4.69) is 10.3 Å². The van der Waals surface area contributed by atoms with Crippen molar-refractivity contribution in [2.75, 3.05) is 33.3 Å². The van der Waals surface area contributed by atoms with Crippen molar-refractivity contribution in [3.63, 3.8) is 0 Å².